The number of hydrogen-bond acceptors (Lipinski definition) is 7. The van der Waals surface area contributed by atoms with Gasteiger partial charge in [-0.2, -0.15) is 26.3 Å². The molecule has 2 aliphatic rings. The number of carboxylic acids is 1. The average molecular weight is 559 g/mol. The summed E-state index contributed by atoms with van der Waals surface area (Å²) < 4.78 is 90.5. The number of halogens is 6. The molecule has 9 nitrogen and oxygen atoms in total. The third-order valence-corrected chi connectivity index (χ3v) is 6.36. The molecule has 0 saturated carbocycles. The van der Waals surface area contributed by atoms with Crippen LogP contribution in [-0.2, 0) is 39.7 Å². The van der Waals surface area contributed by atoms with Crippen molar-refractivity contribution >= 4 is 42.8 Å². The van der Waals surface area contributed by atoms with Gasteiger partial charge in [0.05, 0.1) is 30.3 Å². The highest BCUT2D eigenvalue weighted by Crippen LogP contribution is 2.35. The molecule has 2 aliphatic heterocycles. The van der Waals surface area contributed by atoms with Crippen molar-refractivity contribution < 1.29 is 65.2 Å². The third kappa shape index (κ3) is 5.80. The van der Waals surface area contributed by atoms with E-state index >= 15 is 0 Å². The van der Waals surface area contributed by atoms with Gasteiger partial charge in [-0.1, -0.05) is 6.07 Å². The van der Waals surface area contributed by atoms with E-state index in [0.29, 0.717) is 12.1 Å². The molecule has 0 bridgehead atoms. The van der Waals surface area contributed by atoms with Crippen LogP contribution in [0.4, 0.5) is 26.3 Å². The molecule has 1 amide bonds. The second-order valence-electron chi connectivity index (χ2n) is 8.88. The van der Waals surface area contributed by atoms with Gasteiger partial charge in [-0.05, 0) is 40.3 Å². The van der Waals surface area contributed by atoms with E-state index < -0.39 is 98.6 Å². The first-order valence-electron chi connectivity index (χ1n) is 11.2. The van der Waals surface area contributed by atoms with Gasteiger partial charge in [0.2, 0.25) is 0 Å². The predicted molar refractivity (Wildman–Crippen MR) is 120 cm³/mol. The summed E-state index contributed by atoms with van der Waals surface area (Å²) in [6.45, 7) is -1.86. The van der Waals surface area contributed by atoms with Gasteiger partial charge in [-0.3, -0.25) is 14.4 Å². The molecule has 0 saturated heterocycles. The lowest BCUT2D eigenvalue weighted by atomic mass is 9.76. The Labute approximate surface area is 216 Å². The maximum atomic E-state index is 13.5. The number of hydrogen-bond donors (Lipinski definition) is 4. The maximum absolute atomic E-state index is 13.5. The minimum atomic E-state index is -4.91. The molecular weight excluding hydrogens is 542 g/mol. The molecule has 0 aromatic heterocycles. The van der Waals surface area contributed by atoms with Crippen molar-refractivity contribution in [1.29, 1.82) is 0 Å². The Kier molecular flexibility index (Phi) is 7.55. The van der Waals surface area contributed by atoms with Gasteiger partial charge < -0.3 is 29.8 Å². The Hall–Kier alpha value is -3.40. The largest absolute Gasteiger partial charge is 0.491 e. The van der Waals surface area contributed by atoms with Crippen LogP contribution in [0.25, 0.3) is 0 Å². The van der Waals surface area contributed by atoms with E-state index in [2.05, 4.69) is 5.32 Å². The van der Waals surface area contributed by atoms with Crippen LogP contribution in [0, 0.1) is 5.92 Å². The minimum Gasteiger partial charge on any atom is -0.481 e. The Morgan fingerprint density at radius 2 is 1.31 bits per heavy atom. The van der Waals surface area contributed by atoms with E-state index in [0.717, 1.165) is 12.1 Å². The quantitative estimate of drug-likeness (QED) is 0.223. The Morgan fingerprint density at radius 1 is 0.846 bits per heavy atom. The van der Waals surface area contributed by atoms with E-state index in [9.17, 15) is 55.9 Å². The summed E-state index contributed by atoms with van der Waals surface area (Å²) in [6, 6.07) is 2.93. The Bertz CT molecular complexity index is 1350. The normalized spacial score (nSPS) is 15.7. The van der Waals surface area contributed by atoms with Gasteiger partial charge >= 0.3 is 32.6 Å². The Morgan fingerprint density at radius 3 is 1.77 bits per heavy atom. The molecule has 4 N–H and O–H groups in total. The van der Waals surface area contributed by atoms with Crippen LogP contribution in [0.2, 0.25) is 0 Å². The molecular formula is C22H17B2F6NO8. The van der Waals surface area contributed by atoms with Crippen LogP contribution in [0.1, 0.15) is 49.4 Å². The number of nitrogens with one attached hydrogen (secondary N) is 1. The molecule has 0 aliphatic carbocycles. The van der Waals surface area contributed by atoms with Gasteiger partial charge in [0.15, 0.2) is 5.78 Å². The summed E-state index contributed by atoms with van der Waals surface area (Å²) in [5.41, 5.74) is -4.88. The number of carboxylic acid groups (broad SMARTS) is 1. The molecule has 4 rings (SSSR count). The van der Waals surface area contributed by atoms with E-state index in [1.807, 2.05) is 0 Å². The van der Waals surface area contributed by atoms with E-state index in [1.165, 1.54) is 0 Å². The lowest BCUT2D eigenvalue weighted by Gasteiger charge is -2.17. The van der Waals surface area contributed by atoms with Crippen molar-refractivity contribution in [2.24, 2.45) is 5.92 Å². The monoisotopic (exact) mass is 559 g/mol. The van der Waals surface area contributed by atoms with Crippen LogP contribution in [0.5, 0.6) is 0 Å². The molecule has 2 heterocycles. The van der Waals surface area contributed by atoms with Gasteiger partial charge in [-0.15, -0.1) is 0 Å². The van der Waals surface area contributed by atoms with Crippen LogP contribution in [0.15, 0.2) is 24.3 Å². The number of amides is 1. The topological polar surface area (TPSA) is 142 Å². The maximum Gasteiger partial charge on any atom is 0.491 e. The smallest absolute Gasteiger partial charge is 0.481 e. The highest BCUT2D eigenvalue weighted by Gasteiger charge is 2.42. The van der Waals surface area contributed by atoms with Crippen LogP contribution < -0.4 is 16.2 Å². The predicted octanol–water partition coefficient (Wildman–Crippen LogP) is 0.863. The van der Waals surface area contributed by atoms with Crippen molar-refractivity contribution in [3.05, 3.63) is 57.6 Å². The summed E-state index contributed by atoms with van der Waals surface area (Å²) in [4.78, 5) is 37.1. The first-order chi connectivity index (χ1) is 18.1. The second-order valence-corrected chi connectivity index (χ2v) is 8.88. The number of carbonyl (C=O) groups is 3. The fourth-order valence-electron chi connectivity index (χ4n) is 4.36. The van der Waals surface area contributed by atoms with E-state index in [-0.39, 0.29) is 22.1 Å². The number of Topliss-reactive ketones (excluding diaryl/α,β-unsaturated/α-hetero) is 1. The summed E-state index contributed by atoms with van der Waals surface area (Å²) in [5.74, 6) is -5.49. The molecule has 17 heteroatoms. The summed E-state index contributed by atoms with van der Waals surface area (Å²) in [5, 5.41) is 31.2. The van der Waals surface area contributed by atoms with Crippen LogP contribution >= 0.6 is 0 Å². The lowest BCUT2D eigenvalue weighted by Crippen LogP contribution is -2.36. The molecule has 0 fully saturated rings. The summed E-state index contributed by atoms with van der Waals surface area (Å²) in [6.07, 6.45) is -10.7. The van der Waals surface area contributed by atoms with Crippen molar-refractivity contribution in [3.8, 4) is 0 Å². The SMILES string of the molecule is O=C(C[C@@H](CNC(=O)c1cc2c(c(C(F)(F)F)c1)COB2O)C(=O)O)c1cc2c(c(C(F)(F)F)c1)COB2O. The number of ketones is 1. The van der Waals surface area contributed by atoms with E-state index in [1.54, 1.807) is 0 Å². The first kappa shape index (κ1) is 28.6. The molecule has 2 aromatic carbocycles. The third-order valence-electron chi connectivity index (χ3n) is 6.36. The molecule has 1 atom stereocenters. The molecule has 0 unspecified atom stereocenters. The minimum absolute atomic E-state index is 0.289. The standard InChI is InChI=1S/C22H17B2F6NO8/c25-21(26,27)14-1-9(3-16-12(14)7-38-23(16)36)18(32)5-11(20(34)35)6-31-19(33)10-2-15(22(28,29)30)13-8-39-24(37)17(13)4-10/h1-4,11,36-37H,5-8H2,(H,31,33)(H,34,35)/t11-/m0/s1. The number of rotatable bonds is 7. The van der Waals surface area contributed by atoms with Gasteiger partial charge in [-0.25, -0.2) is 0 Å². The number of benzene rings is 2. The van der Waals surface area contributed by atoms with Gasteiger partial charge in [0, 0.05) is 24.1 Å². The lowest BCUT2D eigenvalue weighted by molar-refractivity contribution is -0.141. The summed E-state index contributed by atoms with van der Waals surface area (Å²) >= 11 is 0. The van der Waals surface area contributed by atoms with E-state index in [4.69, 9.17) is 9.31 Å². The zero-order valence-electron chi connectivity index (χ0n) is 19.5. The van der Waals surface area contributed by atoms with Crippen LogP contribution in [0.3, 0.4) is 0 Å². The van der Waals surface area contributed by atoms with Crippen molar-refractivity contribution in [2.75, 3.05) is 6.54 Å². The number of aliphatic carboxylic acids is 1. The van der Waals surface area contributed by atoms with Crippen molar-refractivity contribution in [1.82, 2.24) is 5.32 Å². The molecule has 39 heavy (non-hydrogen) atoms. The first-order valence-corrected chi connectivity index (χ1v) is 11.2. The highest BCUT2D eigenvalue weighted by molar-refractivity contribution is 6.62. The fourth-order valence-corrected chi connectivity index (χ4v) is 4.36. The van der Waals surface area contributed by atoms with Crippen molar-refractivity contribution in [3.63, 3.8) is 0 Å². The molecule has 0 spiro atoms. The van der Waals surface area contributed by atoms with Crippen LogP contribution in [-0.4, -0.2) is 53.6 Å². The zero-order chi connectivity index (χ0) is 28.9. The number of fused-ring (bicyclic) bond motifs is 2. The average Bonchev–Trinajstić information content (AvgIpc) is 3.41. The summed E-state index contributed by atoms with van der Waals surface area (Å²) in [7, 11) is -3.43. The van der Waals surface area contributed by atoms with Crippen molar-refractivity contribution in [2.45, 2.75) is 32.0 Å². The highest BCUT2D eigenvalue weighted by atomic mass is 19.4. The fraction of sp³-hybridized carbons (Fsp3) is 0.318. The van der Waals surface area contributed by atoms with Gasteiger partial charge in [0.1, 0.15) is 0 Å². The molecule has 206 valence electrons. The number of carbonyl (C=O) groups excluding carboxylic acids is 2. The second kappa shape index (κ2) is 10.3. The van der Waals surface area contributed by atoms with Gasteiger partial charge in [0.25, 0.3) is 5.91 Å². The zero-order valence-corrected chi connectivity index (χ0v) is 19.5. The number of alkyl halides is 6. The Balaban J connectivity index is 1.53. The molecule has 2 aromatic rings. The molecule has 0 radical (unpaired) electrons.